The maximum Gasteiger partial charge on any atom is 0.230 e. The van der Waals surface area contributed by atoms with Crippen molar-refractivity contribution in [1.29, 1.82) is 0 Å². The normalized spacial score (nSPS) is 12.0. The van der Waals surface area contributed by atoms with Crippen LogP contribution >= 0.6 is 11.8 Å². The van der Waals surface area contributed by atoms with Crippen molar-refractivity contribution >= 4 is 28.4 Å². The summed E-state index contributed by atoms with van der Waals surface area (Å²) >= 11 is 1.32. The Kier molecular flexibility index (Phi) is 5.39. The average Bonchev–Trinajstić information content (AvgIpc) is 3.21. The Labute approximate surface area is 167 Å². The molecule has 1 amide bonds. The summed E-state index contributed by atoms with van der Waals surface area (Å²) in [5.74, 6) is 0.922. The van der Waals surface area contributed by atoms with Gasteiger partial charge in [-0.3, -0.25) is 9.89 Å². The number of hydrogen-bond donors (Lipinski definition) is 2. The van der Waals surface area contributed by atoms with Crippen molar-refractivity contribution in [3.63, 3.8) is 0 Å². The molecule has 0 aliphatic rings. The lowest BCUT2D eigenvalue weighted by molar-refractivity contribution is -0.119. The van der Waals surface area contributed by atoms with E-state index < -0.39 is 0 Å². The second-order valence-corrected chi connectivity index (χ2v) is 7.42. The van der Waals surface area contributed by atoms with Gasteiger partial charge in [0.1, 0.15) is 0 Å². The van der Waals surface area contributed by atoms with Gasteiger partial charge in [0.25, 0.3) is 0 Å². The summed E-state index contributed by atoms with van der Waals surface area (Å²) < 4.78 is 0. The molecule has 0 unspecified atom stereocenters. The summed E-state index contributed by atoms with van der Waals surface area (Å²) in [6.45, 7) is 2.00. The summed E-state index contributed by atoms with van der Waals surface area (Å²) in [4.78, 5) is 16.9. The van der Waals surface area contributed by atoms with E-state index in [2.05, 4.69) is 44.8 Å². The van der Waals surface area contributed by atoms with Crippen molar-refractivity contribution < 1.29 is 4.79 Å². The molecule has 1 heterocycles. The van der Waals surface area contributed by atoms with E-state index in [1.165, 1.54) is 17.1 Å². The number of aromatic amines is 1. The smallest absolute Gasteiger partial charge is 0.230 e. The molecule has 0 fully saturated rings. The molecule has 4 aromatic rings. The van der Waals surface area contributed by atoms with Gasteiger partial charge in [-0.15, -0.1) is 5.10 Å². The number of amides is 1. The Morgan fingerprint density at radius 2 is 1.79 bits per heavy atom. The van der Waals surface area contributed by atoms with Gasteiger partial charge in [-0.05, 0) is 23.3 Å². The second-order valence-electron chi connectivity index (χ2n) is 6.48. The van der Waals surface area contributed by atoms with Gasteiger partial charge in [-0.2, -0.15) is 0 Å². The van der Waals surface area contributed by atoms with Gasteiger partial charge in [-0.1, -0.05) is 84.6 Å². The minimum absolute atomic E-state index is 0.0449. The Bertz CT molecular complexity index is 1090. The molecule has 0 aliphatic heterocycles. The van der Waals surface area contributed by atoms with E-state index in [-0.39, 0.29) is 17.7 Å². The molecule has 5 nitrogen and oxygen atoms in total. The molecule has 0 spiro atoms. The van der Waals surface area contributed by atoms with Gasteiger partial charge < -0.3 is 5.32 Å². The summed E-state index contributed by atoms with van der Waals surface area (Å²) in [6, 6.07) is 24.1. The van der Waals surface area contributed by atoms with E-state index >= 15 is 0 Å². The van der Waals surface area contributed by atoms with Crippen molar-refractivity contribution in [2.75, 3.05) is 5.75 Å². The van der Waals surface area contributed by atoms with Gasteiger partial charge >= 0.3 is 0 Å². The van der Waals surface area contributed by atoms with E-state index in [9.17, 15) is 4.79 Å². The number of H-pyrrole nitrogens is 1. The van der Waals surface area contributed by atoms with Gasteiger partial charge in [0, 0.05) is 5.56 Å². The third-order valence-corrected chi connectivity index (χ3v) is 5.36. The monoisotopic (exact) mass is 388 g/mol. The van der Waals surface area contributed by atoms with Crippen LogP contribution in [0.2, 0.25) is 0 Å². The molecule has 0 aliphatic carbocycles. The van der Waals surface area contributed by atoms with Crippen LogP contribution < -0.4 is 5.32 Å². The largest absolute Gasteiger partial charge is 0.349 e. The molecule has 0 saturated carbocycles. The summed E-state index contributed by atoms with van der Waals surface area (Å²) in [5.41, 5.74) is 2.08. The first-order valence-corrected chi connectivity index (χ1v) is 10.1. The molecule has 0 saturated heterocycles. The Morgan fingerprint density at radius 1 is 1.04 bits per heavy atom. The molecule has 2 N–H and O–H groups in total. The molecule has 1 aromatic heterocycles. The predicted molar refractivity (Wildman–Crippen MR) is 113 cm³/mol. The average molecular weight is 388 g/mol. The second kappa shape index (κ2) is 8.27. The molecular weight excluding hydrogens is 368 g/mol. The Balaban J connectivity index is 1.37. The van der Waals surface area contributed by atoms with Crippen LogP contribution in [0, 0.1) is 0 Å². The standard InChI is InChI=1S/C22H20N4OS/c1-15(18-13-7-11-16-8-5-6-12-19(16)18)23-20(27)14-28-22-24-21(25-26-22)17-9-3-2-4-10-17/h2-13,15H,14H2,1H3,(H,23,27)(H,24,25,26)/t15-/m0/s1. The zero-order valence-corrected chi connectivity index (χ0v) is 16.2. The highest BCUT2D eigenvalue weighted by molar-refractivity contribution is 7.99. The van der Waals surface area contributed by atoms with Crippen LogP contribution in [0.4, 0.5) is 0 Å². The molecule has 0 bridgehead atoms. The highest BCUT2D eigenvalue weighted by atomic mass is 32.2. The van der Waals surface area contributed by atoms with E-state index in [1.54, 1.807) is 0 Å². The number of rotatable bonds is 6. The maximum absolute atomic E-state index is 12.4. The third kappa shape index (κ3) is 4.07. The molecule has 4 rings (SSSR count). The van der Waals surface area contributed by atoms with Crippen molar-refractivity contribution in [3.05, 3.63) is 78.4 Å². The summed E-state index contributed by atoms with van der Waals surface area (Å²) in [5, 5.41) is 13.1. The Morgan fingerprint density at radius 3 is 2.64 bits per heavy atom. The first-order valence-electron chi connectivity index (χ1n) is 9.08. The summed E-state index contributed by atoms with van der Waals surface area (Å²) in [7, 11) is 0. The number of nitrogens with one attached hydrogen (secondary N) is 2. The van der Waals surface area contributed by atoms with E-state index in [4.69, 9.17) is 0 Å². The van der Waals surface area contributed by atoms with Gasteiger partial charge in [0.15, 0.2) is 5.82 Å². The van der Waals surface area contributed by atoms with Crippen molar-refractivity contribution in [3.8, 4) is 11.4 Å². The molecule has 6 heteroatoms. The minimum atomic E-state index is -0.0776. The van der Waals surface area contributed by atoms with Crippen molar-refractivity contribution in [2.24, 2.45) is 0 Å². The fourth-order valence-electron chi connectivity index (χ4n) is 3.16. The van der Waals surface area contributed by atoms with Crippen LogP contribution in [0.1, 0.15) is 18.5 Å². The minimum Gasteiger partial charge on any atom is -0.349 e. The highest BCUT2D eigenvalue weighted by Crippen LogP contribution is 2.24. The van der Waals surface area contributed by atoms with Crippen LogP contribution in [0.5, 0.6) is 0 Å². The highest BCUT2D eigenvalue weighted by Gasteiger charge is 2.14. The summed E-state index contributed by atoms with van der Waals surface area (Å²) in [6.07, 6.45) is 0. The Hall–Kier alpha value is -3.12. The fourth-order valence-corrected chi connectivity index (χ4v) is 3.76. The number of fused-ring (bicyclic) bond motifs is 1. The number of nitrogens with zero attached hydrogens (tertiary/aromatic N) is 2. The topological polar surface area (TPSA) is 70.7 Å². The first-order chi connectivity index (χ1) is 13.7. The van der Waals surface area contributed by atoms with Crippen molar-refractivity contribution in [2.45, 2.75) is 18.1 Å². The van der Waals surface area contributed by atoms with Crippen LogP contribution in [0.25, 0.3) is 22.2 Å². The molecular formula is C22H20N4OS. The third-order valence-electron chi connectivity index (χ3n) is 4.51. The lowest BCUT2D eigenvalue weighted by Crippen LogP contribution is -2.28. The van der Waals surface area contributed by atoms with Crippen LogP contribution in [-0.4, -0.2) is 26.8 Å². The molecule has 3 aromatic carbocycles. The number of carbonyl (C=O) groups is 1. The van der Waals surface area contributed by atoms with E-state index in [0.29, 0.717) is 11.0 Å². The fraction of sp³-hybridized carbons (Fsp3) is 0.136. The van der Waals surface area contributed by atoms with Gasteiger partial charge in [0.05, 0.1) is 11.8 Å². The van der Waals surface area contributed by atoms with Crippen LogP contribution in [-0.2, 0) is 4.79 Å². The quantitative estimate of drug-likeness (QED) is 0.474. The van der Waals surface area contributed by atoms with Gasteiger partial charge in [0.2, 0.25) is 11.1 Å². The molecule has 1 atom stereocenters. The molecule has 0 radical (unpaired) electrons. The lowest BCUT2D eigenvalue weighted by atomic mass is 10.00. The number of benzene rings is 3. The van der Waals surface area contributed by atoms with Gasteiger partial charge in [-0.25, -0.2) is 4.98 Å². The molecule has 140 valence electrons. The zero-order chi connectivity index (χ0) is 19.3. The first kappa shape index (κ1) is 18.3. The van der Waals surface area contributed by atoms with Crippen LogP contribution in [0.3, 0.4) is 0 Å². The number of aromatic nitrogens is 3. The lowest BCUT2D eigenvalue weighted by Gasteiger charge is -2.16. The number of hydrogen-bond acceptors (Lipinski definition) is 4. The maximum atomic E-state index is 12.4. The van der Waals surface area contributed by atoms with E-state index in [0.717, 1.165) is 16.5 Å². The predicted octanol–water partition coefficient (Wildman–Crippen LogP) is 4.59. The van der Waals surface area contributed by atoms with Crippen molar-refractivity contribution in [1.82, 2.24) is 20.5 Å². The molecule has 28 heavy (non-hydrogen) atoms. The van der Waals surface area contributed by atoms with E-state index in [1.807, 2.05) is 55.5 Å². The van der Waals surface area contributed by atoms with Crippen LogP contribution in [0.15, 0.2) is 78.0 Å². The zero-order valence-electron chi connectivity index (χ0n) is 15.4. The number of carbonyl (C=O) groups excluding carboxylic acids is 1. The number of thioether (sulfide) groups is 1. The SMILES string of the molecule is C[C@H](NC(=O)CSc1n[nH]c(-c2ccccc2)n1)c1cccc2ccccc12.